The Hall–Kier alpha value is -3.84. The first-order valence-corrected chi connectivity index (χ1v) is 11.0. The van der Waals surface area contributed by atoms with Crippen molar-refractivity contribution in [2.45, 2.75) is 19.0 Å². The van der Waals surface area contributed by atoms with Crippen molar-refractivity contribution in [3.8, 4) is 17.2 Å². The number of rotatable bonds is 6. The monoisotopic (exact) mass is 457 g/mol. The Morgan fingerprint density at radius 1 is 0.909 bits per heavy atom. The van der Waals surface area contributed by atoms with Crippen molar-refractivity contribution >= 4 is 23.0 Å². The third-order valence-electron chi connectivity index (χ3n) is 5.56. The van der Waals surface area contributed by atoms with Crippen LogP contribution in [0.2, 0.25) is 0 Å². The zero-order valence-corrected chi connectivity index (χ0v) is 19.1. The van der Waals surface area contributed by atoms with Crippen molar-refractivity contribution in [3.05, 3.63) is 102 Å². The summed E-state index contributed by atoms with van der Waals surface area (Å²) in [6, 6.07) is 24.9. The highest BCUT2D eigenvalue weighted by Gasteiger charge is 2.42. The lowest BCUT2D eigenvalue weighted by Crippen LogP contribution is -2.29. The fourth-order valence-corrected chi connectivity index (χ4v) is 4.33. The van der Waals surface area contributed by atoms with E-state index in [0.717, 1.165) is 40.2 Å². The molecule has 0 saturated carbocycles. The Kier molecular flexibility index (Phi) is 5.71. The quantitative estimate of drug-likeness (QED) is 0.358. The molecule has 5 rings (SSSR count). The standard InChI is InChI=1S/C26H23N3O3S/c1-17-6-15-23(31-17)25-24(22-5-3-4-16-27-22)28-26(33)29(25)18-7-9-20(10-8-18)32-21-13-11-19(30-2)12-14-21/h3-16,24-25H,1-2H3,(H,28,33)/t24-,25+/m0/s1. The Morgan fingerprint density at radius 2 is 1.61 bits per heavy atom. The fourth-order valence-electron chi connectivity index (χ4n) is 3.99. The fraction of sp³-hybridized carbons (Fsp3) is 0.154. The van der Waals surface area contributed by atoms with Gasteiger partial charge in [-0.25, -0.2) is 0 Å². The van der Waals surface area contributed by atoms with Crippen LogP contribution < -0.4 is 19.7 Å². The molecule has 2 atom stereocenters. The first kappa shape index (κ1) is 21.0. The number of anilines is 1. The molecule has 7 heteroatoms. The van der Waals surface area contributed by atoms with Crippen LogP contribution in [-0.4, -0.2) is 17.2 Å². The second-order valence-corrected chi connectivity index (χ2v) is 8.10. The van der Waals surface area contributed by atoms with Crippen molar-refractivity contribution in [2.24, 2.45) is 0 Å². The van der Waals surface area contributed by atoms with Crippen molar-refractivity contribution in [2.75, 3.05) is 12.0 Å². The lowest BCUT2D eigenvalue weighted by Gasteiger charge is -2.26. The Bertz CT molecular complexity index is 1240. The van der Waals surface area contributed by atoms with Crippen LogP contribution in [0, 0.1) is 6.92 Å². The number of hydrogen-bond acceptors (Lipinski definition) is 5. The summed E-state index contributed by atoms with van der Waals surface area (Å²) < 4.78 is 17.2. The molecule has 33 heavy (non-hydrogen) atoms. The number of thiocarbonyl (C=S) groups is 1. The number of aryl methyl sites for hydroxylation is 1. The highest BCUT2D eigenvalue weighted by atomic mass is 32.1. The number of nitrogens with zero attached hydrogens (tertiary/aromatic N) is 2. The van der Waals surface area contributed by atoms with Crippen LogP contribution in [0.25, 0.3) is 0 Å². The van der Waals surface area contributed by atoms with E-state index in [-0.39, 0.29) is 12.1 Å². The summed E-state index contributed by atoms with van der Waals surface area (Å²) in [5, 5.41) is 4.05. The summed E-state index contributed by atoms with van der Waals surface area (Å²) in [4.78, 5) is 6.63. The van der Waals surface area contributed by atoms with E-state index in [0.29, 0.717) is 5.11 Å². The maximum atomic E-state index is 6.04. The normalized spacial score (nSPS) is 17.6. The lowest BCUT2D eigenvalue weighted by atomic mass is 10.0. The number of pyridine rings is 1. The summed E-state index contributed by atoms with van der Waals surface area (Å²) in [6.45, 7) is 1.94. The first-order valence-electron chi connectivity index (χ1n) is 10.6. The number of methoxy groups -OCH3 is 1. The maximum Gasteiger partial charge on any atom is 0.174 e. The molecular formula is C26H23N3O3S. The minimum Gasteiger partial charge on any atom is -0.497 e. The Labute approximate surface area is 197 Å². The number of aromatic nitrogens is 1. The van der Waals surface area contributed by atoms with E-state index >= 15 is 0 Å². The topological polar surface area (TPSA) is 59.8 Å². The maximum absolute atomic E-state index is 6.04. The van der Waals surface area contributed by atoms with Crippen LogP contribution in [0.5, 0.6) is 17.2 Å². The van der Waals surface area contributed by atoms with E-state index in [4.69, 9.17) is 26.1 Å². The smallest absolute Gasteiger partial charge is 0.174 e. The second-order valence-electron chi connectivity index (χ2n) is 7.72. The summed E-state index contributed by atoms with van der Waals surface area (Å²) in [5.41, 5.74) is 1.84. The van der Waals surface area contributed by atoms with E-state index in [1.54, 1.807) is 13.3 Å². The first-order chi connectivity index (χ1) is 16.1. The van der Waals surface area contributed by atoms with Gasteiger partial charge in [-0.05, 0) is 91.9 Å². The molecule has 0 radical (unpaired) electrons. The molecule has 1 N–H and O–H groups in total. The Balaban J connectivity index is 1.44. The zero-order valence-electron chi connectivity index (χ0n) is 18.3. The molecule has 0 spiro atoms. The molecule has 0 unspecified atom stereocenters. The highest BCUT2D eigenvalue weighted by Crippen LogP contribution is 2.42. The van der Waals surface area contributed by atoms with Gasteiger partial charge in [0.2, 0.25) is 0 Å². The van der Waals surface area contributed by atoms with E-state index in [1.807, 2.05) is 85.8 Å². The average molecular weight is 458 g/mol. The molecular weight excluding hydrogens is 434 g/mol. The molecule has 2 aromatic heterocycles. The molecule has 166 valence electrons. The summed E-state index contributed by atoms with van der Waals surface area (Å²) in [6.07, 6.45) is 1.79. The molecule has 4 aromatic rings. The van der Waals surface area contributed by atoms with Gasteiger partial charge in [-0.15, -0.1) is 0 Å². The molecule has 0 amide bonds. The molecule has 1 aliphatic heterocycles. The third kappa shape index (κ3) is 4.27. The van der Waals surface area contributed by atoms with E-state index < -0.39 is 0 Å². The van der Waals surface area contributed by atoms with Crippen molar-refractivity contribution < 1.29 is 13.9 Å². The summed E-state index contributed by atoms with van der Waals surface area (Å²) >= 11 is 5.75. The molecule has 6 nitrogen and oxygen atoms in total. The van der Waals surface area contributed by atoms with E-state index in [1.165, 1.54) is 0 Å². The molecule has 2 aromatic carbocycles. The minimum absolute atomic E-state index is 0.139. The number of nitrogens with one attached hydrogen (secondary N) is 1. The van der Waals surface area contributed by atoms with Gasteiger partial charge in [-0.1, -0.05) is 6.07 Å². The van der Waals surface area contributed by atoms with Gasteiger partial charge in [0.15, 0.2) is 5.11 Å². The lowest BCUT2D eigenvalue weighted by molar-refractivity contribution is 0.413. The molecule has 1 aliphatic rings. The van der Waals surface area contributed by atoms with Gasteiger partial charge in [0.1, 0.15) is 34.8 Å². The summed E-state index contributed by atoms with van der Waals surface area (Å²) in [5.74, 6) is 3.93. The number of benzene rings is 2. The van der Waals surface area contributed by atoms with Crippen LogP contribution >= 0.6 is 12.2 Å². The van der Waals surface area contributed by atoms with Gasteiger partial charge in [-0.2, -0.15) is 0 Å². The van der Waals surface area contributed by atoms with Crippen molar-refractivity contribution in [3.63, 3.8) is 0 Å². The van der Waals surface area contributed by atoms with Gasteiger partial charge < -0.3 is 24.1 Å². The number of ether oxygens (including phenoxy) is 2. The third-order valence-corrected chi connectivity index (χ3v) is 5.88. The van der Waals surface area contributed by atoms with Crippen LogP contribution in [0.15, 0.2) is 89.5 Å². The van der Waals surface area contributed by atoms with Crippen molar-refractivity contribution in [1.29, 1.82) is 0 Å². The van der Waals surface area contributed by atoms with Gasteiger partial charge in [0, 0.05) is 11.9 Å². The van der Waals surface area contributed by atoms with E-state index in [9.17, 15) is 0 Å². The largest absolute Gasteiger partial charge is 0.497 e. The zero-order chi connectivity index (χ0) is 22.8. The highest BCUT2D eigenvalue weighted by molar-refractivity contribution is 7.80. The molecule has 1 fully saturated rings. The van der Waals surface area contributed by atoms with Crippen LogP contribution in [0.4, 0.5) is 5.69 Å². The molecule has 0 bridgehead atoms. The van der Waals surface area contributed by atoms with Gasteiger partial charge in [-0.3, -0.25) is 4.98 Å². The summed E-state index contributed by atoms with van der Waals surface area (Å²) in [7, 11) is 1.64. The van der Waals surface area contributed by atoms with Crippen LogP contribution in [0.1, 0.15) is 29.3 Å². The average Bonchev–Trinajstić information content (AvgIpc) is 3.43. The van der Waals surface area contributed by atoms with Crippen molar-refractivity contribution in [1.82, 2.24) is 10.3 Å². The Morgan fingerprint density at radius 3 is 2.21 bits per heavy atom. The van der Waals surface area contributed by atoms with Crippen LogP contribution in [-0.2, 0) is 0 Å². The molecule has 0 aliphatic carbocycles. The predicted molar refractivity (Wildman–Crippen MR) is 131 cm³/mol. The van der Waals surface area contributed by atoms with Crippen LogP contribution in [0.3, 0.4) is 0 Å². The molecule has 1 saturated heterocycles. The predicted octanol–water partition coefficient (Wildman–Crippen LogP) is 5.96. The minimum atomic E-state index is -0.172. The SMILES string of the molecule is COc1ccc(Oc2ccc(N3C(=S)N[C@@H](c4ccccn4)[C@H]3c3ccc(C)o3)cc2)cc1. The molecule has 3 heterocycles. The van der Waals surface area contributed by atoms with Gasteiger partial charge in [0.25, 0.3) is 0 Å². The second kappa shape index (κ2) is 8.96. The van der Waals surface area contributed by atoms with E-state index in [2.05, 4.69) is 15.2 Å². The van der Waals surface area contributed by atoms with Gasteiger partial charge in [0.05, 0.1) is 18.8 Å². The van der Waals surface area contributed by atoms with Gasteiger partial charge >= 0.3 is 0 Å². The number of hydrogen-bond donors (Lipinski definition) is 1. The number of furan rings is 1.